The Hall–Kier alpha value is -3.08. The zero-order valence-corrected chi connectivity index (χ0v) is 16.9. The van der Waals surface area contributed by atoms with Crippen LogP contribution in [0, 0.1) is 20.8 Å². The molecule has 5 heteroatoms. The van der Waals surface area contributed by atoms with Crippen LogP contribution in [0.15, 0.2) is 42.9 Å². The second-order valence-electron chi connectivity index (χ2n) is 7.93. The molecule has 0 saturated carbocycles. The SMILES string of the molecule is Cc1ccc(C)c(N2CCCc3nc4cc(C)c(-c5cnn(C)c5)cn4c32)c1. The molecule has 5 nitrogen and oxygen atoms in total. The van der Waals surface area contributed by atoms with Crippen molar-refractivity contribution in [1.29, 1.82) is 0 Å². The van der Waals surface area contributed by atoms with Gasteiger partial charge in [0.15, 0.2) is 0 Å². The van der Waals surface area contributed by atoms with E-state index in [1.54, 1.807) is 0 Å². The number of rotatable bonds is 2. The average molecular weight is 371 g/mol. The summed E-state index contributed by atoms with van der Waals surface area (Å²) in [6.45, 7) is 7.52. The van der Waals surface area contributed by atoms with Crippen LogP contribution in [0.5, 0.6) is 0 Å². The Morgan fingerprint density at radius 3 is 2.64 bits per heavy atom. The summed E-state index contributed by atoms with van der Waals surface area (Å²) in [6, 6.07) is 8.89. The van der Waals surface area contributed by atoms with Gasteiger partial charge in [-0.1, -0.05) is 12.1 Å². The fourth-order valence-corrected chi connectivity index (χ4v) is 4.29. The molecule has 0 unspecified atom stereocenters. The first-order chi connectivity index (χ1) is 13.5. The van der Waals surface area contributed by atoms with E-state index in [9.17, 15) is 0 Å². The van der Waals surface area contributed by atoms with Crippen LogP contribution in [-0.4, -0.2) is 25.7 Å². The number of imidazole rings is 1. The molecular formula is C23H25N5. The molecule has 0 aliphatic carbocycles. The molecule has 0 saturated heterocycles. The molecule has 0 fully saturated rings. The van der Waals surface area contributed by atoms with Gasteiger partial charge in [-0.3, -0.25) is 9.08 Å². The lowest BCUT2D eigenvalue weighted by Gasteiger charge is -2.30. The Balaban J connectivity index is 1.74. The van der Waals surface area contributed by atoms with Gasteiger partial charge < -0.3 is 4.90 Å². The summed E-state index contributed by atoms with van der Waals surface area (Å²) in [4.78, 5) is 7.43. The van der Waals surface area contributed by atoms with Gasteiger partial charge in [0.25, 0.3) is 0 Å². The van der Waals surface area contributed by atoms with E-state index in [0.717, 1.165) is 30.6 Å². The number of nitrogens with zero attached hydrogens (tertiary/aromatic N) is 5. The second kappa shape index (κ2) is 6.23. The van der Waals surface area contributed by atoms with Gasteiger partial charge in [-0.15, -0.1) is 0 Å². The maximum atomic E-state index is 4.98. The molecule has 5 rings (SSSR count). The van der Waals surface area contributed by atoms with Crippen LogP contribution >= 0.6 is 0 Å². The van der Waals surface area contributed by atoms with Crippen LogP contribution in [0.2, 0.25) is 0 Å². The van der Waals surface area contributed by atoms with Crippen molar-refractivity contribution in [3.8, 4) is 11.1 Å². The molecular weight excluding hydrogens is 346 g/mol. The van der Waals surface area contributed by atoms with Crippen molar-refractivity contribution < 1.29 is 0 Å². The first-order valence-electron chi connectivity index (χ1n) is 9.86. The van der Waals surface area contributed by atoms with Crippen molar-refractivity contribution in [3.63, 3.8) is 0 Å². The maximum Gasteiger partial charge on any atom is 0.141 e. The van der Waals surface area contributed by atoms with Crippen LogP contribution in [0.1, 0.15) is 28.8 Å². The molecule has 0 radical (unpaired) electrons. The number of pyridine rings is 1. The highest BCUT2D eigenvalue weighted by atomic mass is 15.3. The van der Waals surface area contributed by atoms with E-state index < -0.39 is 0 Å². The van der Waals surface area contributed by atoms with Gasteiger partial charge in [0.1, 0.15) is 11.5 Å². The largest absolute Gasteiger partial charge is 0.326 e. The van der Waals surface area contributed by atoms with Gasteiger partial charge in [-0.25, -0.2) is 4.98 Å². The zero-order chi connectivity index (χ0) is 19.4. The van der Waals surface area contributed by atoms with Gasteiger partial charge in [0.05, 0.1) is 11.9 Å². The predicted octanol–water partition coefficient (Wildman–Crippen LogP) is 4.74. The lowest BCUT2D eigenvalue weighted by molar-refractivity contribution is 0.742. The summed E-state index contributed by atoms with van der Waals surface area (Å²) >= 11 is 0. The normalized spacial score (nSPS) is 13.9. The van der Waals surface area contributed by atoms with E-state index >= 15 is 0 Å². The quantitative estimate of drug-likeness (QED) is 0.511. The van der Waals surface area contributed by atoms with Crippen molar-refractivity contribution >= 4 is 17.2 Å². The van der Waals surface area contributed by atoms with Crippen LogP contribution in [0.3, 0.4) is 0 Å². The van der Waals surface area contributed by atoms with Crippen LogP contribution in [0.4, 0.5) is 11.5 Å². The number of fused-ring (bicyclic) bond motifs is 3. The summed E-state index contributed by atoms with van der Waals surface area (Å²) in [5.74, 6) is 1.21. The predicted molar refractivity (Wildman–Crippen MR) is 113 cm³/mol. The lowest BCUT2D eigenvalue weighted by atomic mass is 10.1. The van der Waals surface area contributed by atoms with E-state index in [4.69, 9.17) is 4.98 Å². The Kier molecular flexibility index (Phi) is 3.79. The average Bonchev–Trinajstić information content (AvgIpc) is 3.25. The van der Waals surface area contributed by atoms with Gasteiger partial charge in [0, 0.05) is 42.8 Å². The van der Waals surface area contributed by atoms with Gasteiger partial charge in [-0.05, 0) is 62.4 Å². The summed E-state index contributed by atoms with van der Waals surface area (Å²) in [7, 11) is 1.96. The first-order valence-corrected chi connectivity index (χ1v) is 9.86. The number of aryl methyl sites for hydroxylation is 5. The standard InChI is InChI=1S/C23H25N5/c1-15-7-8-16(2)21(10-15)27-9-5-6-20-23(27)28-14-19(17(3)11-22(28)25-20)18-12-24-26(4)13-18/h7-8,10-14H,5-6,9H2,1-4H3. The minimum atomic E-state index is 1.02. The van der Waals surface area contributed by atoms with Crippen molar-refractivity contribution in [3.05, 3.63) is 65.2 Å². The highest BCUT2D eigenvalue weighted by molar-refractivity contribution is 5.74. The number of hydrogen-bond donors (Lipinski definition) is 0. The number of benzene rings is 1. The van der Waals surface area contributed by atoms with Crippen molar-refractivity contribution in [1.82, 2.24) is 19.2 Å². The fraction of sp³-hybridized carbons (Fsp3) is 0.304. The van der Waals surface area contributed by atoms with Crippen LogP contribution < -0.4 is 4.90 Å². The third-order valence-corrected chi connectivity index (χ3v) is 5.73. The van der Waals surface area contributed by atoms with Gasteiger partial charge in [-0.2, -0.15) is 5.10 Å². The smallest absolute Gasteiger partial charge is 0.141 e. The molecule has 28 heavy (non-hydrogen) atoms. The Labute approximate surface area is 165 Å². The Morgan fingerprint density at radius 2 is 1.86 bits per heavy atom. The topological polar surface area (TPSA) is 38.4 Å². The highest BCUT2D eigenvalue weighted by Gasteiger charge is 2.25. The lowest BCUT2D eigenvalue weighted by Crippen LogP contribution is -2.26. The molecule has 4 aromatic rings. The molecule has 1 aliphatic heterocycles. The van der Waals surface area contributed by atoms with Crippen LogP contribution in [-0.2, 0) is 13.5 Å². The summed E-state index contributed by atoms with van der Waals surface area (Å²) in [5, 5.41) is 4.35. The molecule has 1 aliphatic rings. The van der Waals surface area contributed by atoms with E-state index in [2.05, 4.69) is 71.8 Å². The van der Waals surface area contributed by atoms with E-state index in [1.807, 2.05) is 17.9 Å². The molecule has 1 aromatic carbocycles. The van der Waals surface area contributed by atoms with Crippen molar-refractivity contribution in [2.45, 2.75) is 33.6 Å². The number of aromatic nitrogens is 4. The summed E-state index contributed by atoms with van der Waals surface area (Å²) in [6.07, 6.45) is 8.38. The van der Waals surface area contributed by atoms with Crippen molar-refractivity contribution in [2.24, 2.45) is 7.05 Å². The third-order valence-electron chi connectivity index (χ3n) is 5.73. The maximum absolute atomic E-state index is 4.98. The highest BCUT2D eigenvalue weighted by Crippen LogP contribution is 2.37. The van der Waals surface area contributed by atoms with Crippen LogP contribution in [0.25, 0.3) is 16.8 Å². The molecule has 4 heterocycles. The van der Waals surface area contributed by atoms with Gasteiger partial charge >= 0.3 is 0 Å². The molecule has 0 bridgehead atoms. The molecule has 0 N–H and O–H groups in total. The molecule has 3 aromatic heterocycles. The Morgan fingerprint density at radius 1 is 1.00 bits per heavy atom. The Bertz CT molecular complexity index is 1200. The van der Waals surface area contributed by atoms with E-state index in [1.165, 1.54) is 39.5 Å². The minimum absolute atomic E-state index is 1.02. The third kappa shape index (κ3) is 2.61. The molecule has 0 amide bonds. The summed E-state index contributed by atoms with van der Waals surface area (Å²) in [5.41, 5.74) is 9.64. The van der Waals surface area contributed by atoms with Gasteiger partial charge in [0.2, 0.25) is 0 Å². The van der Waals surface area contributed by atoms with E-state index in [-0.39, 0.29) is 0 Å². The van der Waals surface area contributed by atoms with Crippen molar-refractivity contribution in [2.75, 3.05) is 11.4 Å². The monoisotopic (exact) mass is 371 g/mol. The molecule has 0 spiro atoms. The molecule has 0 atom stereocenters. The fourth-order valence-electron chi connectivity index (χ4n) is 4.29. The zero-order valence-electron chi connectivity index (χ0n) is 16.9. The summed E-state index contributed by atoms with van der Waals surface area (Å²) < 4.78 is 4.12. The van der Waals surface area contributed by atoms with E-state index in [0.29, 0.717) is 0 Å². The second-order valence-corrected chi connectivity index (χ2v) is 7.93. The molecule has 142 valence electrons. The number of anilines is 2. The number of hydrogen-bond acceptors (Lipinski definition) is 3. The minimum Gasteiger partial charge on any atom is -0.326 e. The first kappa shape index (κ1) is 17.0.